The standard InChI is InChI=1S/C22H25ClN4O4S/c1-5-21(28)26-12-14(2)27(32(4,30)31)19(13-26)17-10-18(25-20(23)11-17)15-7-6-8-16(9-15)22(29)24-3/h5-11,14,19H,1,12-13H2,2-4H3,(H,24,29)/t14-,19+/m0/s1. The van der Waals surface area contributed by atoms with Gasteiger partial charge in [-0.15, -0.1) is 0 Å². The highest BCUT2D eigenvalue weighted by Gasteiger charge is 2.40. The summed E-state index contributed by atoms with van der Waals surface area (Å²) in [4.78, 5) is 30.3. The van der Waals surface area contributed by atoms with E-state index in [-0.39, 0.29) is 30.1 Å². The zero-order chi connectivity index (χ0) is 23.6. The van der Waals surface area contributed by atoms with Crippen LogP contribution in [0, 0.1) is 0 Å². The zero-order valence-corrected chi connectivity index (χ0v) is 19.7. The summed E-state index contributed by atoms with van der Waals surface area (Å²) in [6.45, 7) is 5.71. The Kier molecular flexibility index (Phi) is 7.02. The third-order valence-corrected chi connectivity index (χ3v) is 6.91. The lowest BCUT2D eigenvalue weighted by atomic mass is 9.99. The molecule has 32 heavy (non-hydrogen) atoms. The van der Waals surface area contributed by atoms with Crippen LogP contribution in [-0.2, 0) is 14.8 Å². The van der Waals surface area contributed by atoms with E-state index in [1.54, 1.807) is 55.3 Å². The molecule has 1 aliphatic rings. The molecule has 3 rings (SSSR count). The summed E-state index contributed by atoms with van der Waals surface area (Å²) < 4.78 is 26.7. The third kappa shape index (κ3) is 5.01. The van der Waals surface area contributed by atoms with Crippen molar-refractivity contribution in [2.24, 2.45) is 0 Å². The molecular weight excluding hydrogens is 452 g/mol. The highest BCUT2D eigenvalue weighted by atomic mass is 35.5. The maximum atomic E-state index is 12.6. The Morgan fingerprint density at radius 1 is 1.25 bits per heavy atom. The Labute approximate surface area is 192 Å². The van der Waals surface area contributed by atoms with E-state index in [1.165, 1.54) is 10.4 Å². The van der Waals surface area contributed by atoms with Gasteiger partial charge in [0, 0.05) is 37.3 Å². The molecule has 1 fully saturated rings. The van der Waals surface area contributed by atoms with Gasteiger partial charge in [-0.25, -0.2) is 13.4 Å². The number of pyridine rings is 1. The molecule has 2 atom stereocenters. The van der Waals surface area contributed by atoms with E-state index in [0.717, 1.165) is 6.26 Å². The van der Waals surface area contributed by atoms with Gasteiger partial charge in [-0.2, -0.15) is 4.31 Å². The second kappa shape index (κ2) is 9.40. The van der Waals surface area contributed by atoms with E-state index >= 15 is 0 Å². The quantitative estimate of drug-likeness (QED) is 0.528. The number of carbonyl (C=O) groups is 2. The van der Waals surface area contributed by atoms with E-state index in [0.29, 0.717) is 22.4 Å². The van der Waals surface area contributed by atoms with Crippen LogP contribution in [0.25, 0.3) is 11.3 Å². The summed E-state index contributed by atoms with van der Waals surface area (Å²) in [6, 6.07) is 9.14. The minimum Gasteiger partial charge on any atom is -0.355 e. The highest BCUT2D eigenvalue weighted by molar-refractivity contribution is 7.88. The van der Waals surface area contributed by atoms with Crippen molar-refractivity contribution < 1.29 is 18.0 Å². The second-order valence-corrected chi connectivity index (χ2v) is 9.95. The molecule has 0 unspecified atom stereocenters. The molecule has 1 N–H and O–H groups in total. The number of amides is 2. The van der Waals surface area contributed by atoms with Gasteiger partial charge in [-0.05, 0) is 42.8 Å². The van der Waals surface area contributed by atoms with Crippen LogP contribution in [0.5, 0.6) is 0 Å². The maximum Gasteiger partial charge on any atom is 0.251 e. The van der Waals surface area contributed by atoms with E-state index < -0.39 is 22.1 Å². The number of aromatic nitrogens is 1. The number of hydrogen-bond acceptors (Lipinski definition) is 5. The average molecular weight is 477 g/mol. The van der Waals surface area contributed by atoms with Crippen LogP contribution in [0.2, 0.25) is 5.15 Å². The van der Waals surface area contributed by atoms with Crippen LogP contribution >= 0.6 is 11.6 Å². The zero-order valence-electron chi connectivity index (χ0n) is 18.1. The topological polar surface area (TPSA) is 99.7 Å². The summed E-state index contributed by atoms with van der Waals surface area (Å²) in [7, 11) is -2.04. The van der Waals surface area contributed by atoms with Crippen molar-refractivity contribution in [1.29, 1.82) is 0 Å². The fourth-order valence-corrected chi connectivity index (χ4v) is 5.60. The Balaban J connectivity index is 2.10. The number of nitrogens with one attached hydrogen (secondary N) is 1. The first-order valence-corrected chi connectivity index (χ1v) is 12.2. The van der Waals surface area contributed by atoms with Crippen LogP contribution in [0.1, 0.15) is 28.9 Å². The van der Waals surface area contributed by atoms with Crippen LogP contribution < -0.4 is 5.32 Å². The lowest BCUT2D eigenvalue weighted by Crippen LogP contribution is -2.56. The minimum atomic E-state index is -3.59. The summed E-state index contributed by atoms with van der Waals surface area (Å²) in [5.41, 5.74) is 2.21. The van der Waals surface area contributed by atoms with Crippen molar-refractivity contribution in [3.63, 3.8) is 0 Å². The van der Waals surface area contributed by atoms with Crippen LogP contribution in [0.4, 0.5) is 0 Å². The summed E-state index contributed by atoms with van der Waals surface area (Å²) in [5, 5.41) is 2.76. The van der Waals surface area contributed by atoms with E-state index in [1.807, 2.05) is 0 Å². The van der Waals surface area contributed by atoms with Crippen molar-refractivity contribution in [2.45, 2.75) is 19.0 Å². The first-order chi connectivity index (χ1) is 15.0. The molecule has 1 aromatic carbocycles. The van der Waals surface area contributed by atoms with Gasteiger partial charge in [0.05, 0.1) is 18.0 Å². The molecule has 170 valence electrons. The number of benzene rings is 1. The Bertz CT molecular complexity index is 1170. The molecule has 0 aliphatic carbocycles. The molecule has 1 saturated heterocycles. The smallest absolute Gasteiger partial charge is 0.251 e. The normalized spacial score (nSPS) is 19.4. The molecule has 2 heterocycles. The lowest BCUT2D eigenvalue weighted by Gasteiger charge is -2.44. The number of halogens is 1. The second-order valence-electron chi connectivity index (χ2n) is 7.67. The highest BCUT2D eigenvalue weighted by Crippen LogP contribution is 2.34. The van der Waals surface area contributed by atoms with Crippen LogP contribution in [-0.4, -0.2) is 66.9 Å². The molecule has 0 spiro atoms. The minimum absolute atomic E-state index is 0.153. The van der Waals surface area contributed by atoms with Crippen molar-refractivity contribution in [3.05, 3.63) is 65.3 Å². The van der Waals surface area contributed by atoms with Gasteiger partial charge >= 0.3 is 0 Å². The summed E-state index contributed by atoms with van der Waals surface area (Å²) >= 11 is 6.32. The monoisotopic (exact) mass is 476 g/mol. The van der Waals surface area contributed by atoms with Gasteiger partial charge in [0.1, 0.15) is 5.15 Å². The van der Waals surface area contributed by atoms with Gasteiger partial charge in [-0.1, -0.05) is 30.3 Å². The molecule has 2 amide bonds. The average Bonchev–Trinajstić information content (AvgIpc) is 2.76. The van der Waals surface area contributed by atoms with Crippen molar-refractivity contribution >= 4 is 33.4 Å². The molecule has 0 bridgehead atoms. The predicted molar refractivity (Wildman–Crippen MR) is 124 cm³/mol. The fourth-order valence-electron chi connectivity index (χ4n) is 4.01. The summed E-state index contributed by atoms with van der Waals surface area (Å²) in [6.07, 6.45) is 2.37. The van der Waals surface area contributed by atoms with Crippen LogP contribution in [0.3, 0.4) is 0 Å². The molecule has 0 saturated carbocycles. The first-order valence-electron chi connectivity index (χ1n) is 9.95. The predicted octanol–water partition coefficient (Wildman–Crippen LogP) is 2.48. The van der Waals surface area contributed by atoms with Gasteiger partial charge in [0.15, 0.2) is 0 Å². The number of rotatable bonds is 5. The maximum absolute atomic E-state index is 12.6. The largest absolute Gasteiger partial charge is 0.355 e. The van der Waals surface area contributed by atoms with Crippen molar-refractivity contribution in [1.82, 2.24) is 19.5 Å². The Morgan fingerprint density at radius 3 is 2.59 bits per heavy atom. The van der Waals surface area contributed by atoms with Crippen LogP contribution in [0.15, 0.2) is 49.1 Å². The SMILES string of the molecule is C=CC(=O)N1C[C@H](c2cc(Cl)nc(-c3cccc(C(=O)NC)c3)c2)N(S(C)(=O)=O)[C@@H](C)C1. The van der Waals surface area contributed by atoms with Crippen molar-refractivity contribution in [2.75, 3.05) is 26.4 Å². The van der Waals surface area contributed by atoms with Crippen molar-refractivity contribution in [3.8, 4) is 11.3 Å². The fraction of sp³-hybridized carbons (Fsp3) is 0.318. The molecule has 10 heteroatoms. The number of hydrogen-bond donors (Lipinski definition) is 1. The van der Waals surface area contributed by atoms with E-state index in [4.69, 9.17) is 11.6 Å². The van der Waals surface area contributed by atoms with Gasteiger partial charge in [-0.3, -0.25) is 9.59 Å². The molecular formula is C22H25ClN4O4S. The number of carbonyl (C=O) groups excluding carboxylic acids is 2. The summed E-state index contributed by atoms with van der Waals surface area (Å²) in [5.74, 6) is -0.509. The van der Waals surface area contributed by atoms with Gasteiger partial charge in [0.2, 0.25) is 15.9 Å². The first kappa shape index (κ1) is 23.9. The van der Waals surface area contributed by atoms with E-state index in [9.17, 15) is 18.0 Å². The lowest BCUT2D eigenvalue weighted by molar-refractivity contribution is -0.129. The van der Waals surface area contributed by atoms with Gasteiger partial charge in [0.25, 0.3) is 5.91 Å². The third-order valence-electron chi connectivity index (χ3n) is 5.34. The number of piperazine rings is 1. The molecule has 1 aromatic heterocycles. The number of sulfonamides is 1. The van der Waals surface area contributed by atoms with Gasteiger partial charge < -0.3 is 10.2 Å². The molecule has 1 aliphatic heterocycles. The Hall–Kier alpha value is -2.75. The molecule has 0 radical (unpaired) electrons. The van der Waals surface area contributed by atoms with E-state index in [2.05, 4.69) is 16.9 Å². The number of nitrogens with zero attached hydrogens (tertiary/aromatic N) is 3. The molecule has 2 aromatic rings. The molecule has 8 nitrogen and oxygen atoms in total. The Morgan fingerprint density at radius 2 is 1.97 bits per heavy atom.